The molecule has 1 aliphatic heterocycles. The molecule has 0 spiro atoms. The Morgan fingerprint density at radius 1 is 0.929 bits per heavy atom. The van der Waals surface area contributed by atoms with E-state index >= 15 is 0 Å². The van der Waals surface area contributed by atoms with Crippen molar-refractivity contribution in [2.75, 3.05) is 26.3 Å². The predicted molar refractivity (Wildman–Crippen MR) is 175 cm³/mol. The number of halogens is 1. The summed E-state index contributed by atoms with van der Waals surface area (Å²) in [6.45, 7) is 17.8. The molecule has 1 aliphatic rings. The molecule has 1 N–H and O–H groups in total. The first-order valence-electron chi connectivity index (χ1n) is 14.9. The highest BCUT2D eigenvalue weighted by atomic mass is 32.1. The predicted octanol–water partition coefficient (Wildman–Crippen LogP) is 9.77. The van der Waals surface area contributed by atoms with Gasteiger partial charge < -0.3 is 14.6 Å². The van der Waals surface area contributed by atoms with Crippen molar-refractivity contribution in [1.29, 1.82) is 0 Å². The number of phenols is 1. The lowest BCUT2D eigenvalue weighted by atomic mass is 9.93. The fraction of sp³-hybridized carbons (Fsp3) is 0.400. The maximum absolute atomic E-state index is 13.3. The Kier molecular flexibility index (Phi) is 14.0. The quantitative estimate of drug-likeness (QED) is 0.195. The van der Waals surface area contributed by atoms with E-state index in [1.807, 2.05) is 97.9 Å². The number of carbonyl (C=O) groups is 1. The molecule has 0 aliphatic carbocycles. The molecule has 228 valence electrons. The summed E-state index contributed by atoms with van der Waals surface area (Å²) in [5.41, 5.74) is 0.237. The van der Waals surface area contributed by atoms with Crippen LogP contribution in [0.15, 0.2) is 72.8 Å². The number of fused-ring (bicyclic) bond motifs is 1. The van der Waals surface area contributed by atoms with Crippen molar-refractivity contribution in [3.05, 3.63) is 83.2 Å². The number of aromatic hydroxyl groups is 1. The fourth-order valence-electron chi connectivity index (χ4n) is 4.30. The van der Waals surface area contributed by atoms with Crippen LogP contribution in [0.25, 0.3) is 10.1 Å². The number of carbonyl (C=O) groups excluding carboxylic acids is 1. The van der Waals surface area contributed by atoms with Gasteiger partial charge in [-0.25, -0.2) is 0 Å². The molecular weight excluding hydrogens is 549 g/mol. The van der Waals surface area contributed by atoms with E-state index in [0.29, 0.717) is 28.5 Å². The van der Waals surface area contributed by atoms with Gasteiger partial charge >= 0.3 is 0 Å². The first-order valence-corrected chi connectivity index (χ1v) is 15.7. The summed E-state index contributed by atoms with van der Waals surface area (Å²) >= 11 is 1.30. The number of benzene rings is 3. The third-order valence-electron chi connectivity index (χ3n) is 6.15. The second-order valence-electron chi connectivity index (χ2n) is 9.94. The summed E-state index contributed by atoms with van der Waals surface area (Å²) in [7, 11) is 0. The minimum atomic E-state index is -0.338. The van der Waals surface area contributed by atoms with E-state index in [2.05, 4.69) is 4.90 Å². The number of likely N-dealkylation sites (tertiary alicyclic amines) is 1. The maximum Gasteiger partial charge on any atom is 0.206 e. The van der Waals surface area contributed by atoms with Crippen LogP contribution in [0.5, 0.6) is 23.0 Å². The molecule has 1 saturated heterocycles. The van der Waals surface area contributed by atoms with Gasteiger partial charge in [-0.15, -0.1) is 11.3 Å². The number of ether oxygens (including phenoxy) is 2. The molecular formula is C35H46FNO4S. The number of phenolic OH excluding ortho intramolecular Hbond substituents is 1. The first kappa shape index (κ1) is 34.8. The van der Waals surface area contributed by atoms with Gasteiger partial charge in [0.15, 0.2) is 5.75 Å². The Morgan fingerprint density at radius 3 is 2.12 bits per heavy atom. The highest BCUT2D eigenvalue weighted by Gasteiger charge is 2.33. The Morgan fingerprint density at radius 2 is 1.52 bits per heavy atom. The number of hydrogen-bond donors (Lipinski definition) is 1. The highest BCUT2D eigenvalue weighted by Crippen LogP contribution is 2.43. The van der Waals surface area contributed by atoms with Gasteiger partial charge in [0.05, 0.1) is 6.67 Å². The Bertz CT molecular complexity index is 1360. The van der Waals surface area contributed by atoms with E-state index in [-0.39, 0.29) is 29.7 Å². The summed E-state index contributed by atoms with van der Waals surface area (Å²) < 4.78 is 26.1. The van der Waals surface area contributed by atoms with Crippen molar-refractivity contribution in [3.63, 3.8) is 0 Å². The summed E-state index contributed by atoms with van der Waals surface area (Å²) in [6.07, 6.45) is 0.0794. The molecule has 1 aromatic heterocycles. The molecule has 5 rings (SSSR count). The molecule has 0 radical (unpaired) electrons. The van der Waals surface area contributed by atoms with Crippen LogP contribution < -0.4 is 9.47 Å². The smallest absolute Gasteiger partial charge is 0.206 e. The van der Waals surface area contributed by atoms with Gasteiger partial charge in [0.25, 0.3) is 0 Å². The van der Waals surface area contributed by atoms with E-state index in [0.717, 1.165) is 28.9 Å². The Balaban J connectivity index is 0.000000966. The maximum atomic E-state index is 13.3. The monoisotopic (exact) mass is 595 g/mol. The fourth-order valence-corrected chi connectivity index (χ4v) is 5.43. The van der Waals surface area contributed by atoms with Crippen LogP contribution in [-0.2, 0) is 0 Å². The summed E-state index contributed by atoms with van der Waals surface area (Å²) in [5, 5.41) is 10.7. The summed E-state index contributed by atoms with van der Waals surface area (Å²) in [6, 6.07) is 21.4. The molecule has 3 aromatic carbocycles. The van der Waals surface area contributed by atoms with E-state index < -0.39 is 0 Å². The second-order valence-corrected chi connectivity index (χ2v) is 11.0. The van der Waals surface area contributed by atoms with Crippen LogP contribution in [0.3, 0.4) is 0 Å². The molecule has 0 amide bonds. The lowest BCUT2D eigenvalue weighted by Crippen LogP contribution is -2.56. The third kappa shape index (κ3) is 9.04. The molecule has 42 heavy (non-hydrogen) atoms. The number of thiophene rings is 1. The van der Waals surface area contributed by atoms with Gasteiger partial charge in [0.1, 0.15) is 28.2 Å². The van der Waals surface area contributed by atoms with Crippen LogP contribution in [0.1, 0.15) is 70.6 Å². The number of nitrogens with zero attached hydrogens (tertiary/aromatic N) is 1. The van der Waals surface area contributed by atoms with Gasteiger partial charge in [0, 0.05) is 40.7 Å². The van der Waals surface area contributed by atoms with Crippen molar-refractivity contribution >= 4 is 27.2 Å². The van der Waals surface area contributed by atoms with E-state index in [1.165, 1.54) is 11.3 Å². The summed E-state index contributed by atoms with van der Waals surface area (Å²) in [5.74, 6) is 1.80. The minimum Gasteiger partial charge on any atom is -0.508 e. The largest absolute Gasteiger partial charge is 0.508 e. The summed E-state index contributed by atoms with van der Waals surface area (Å²) in [4.78, 5) is 16.0. The third-order valence-corrected chi connectivity index (χ3v) is 7.29. The van der Waals surface area contributed by atoms with Gasteiger partial charge in [0.2, 0.25) is 5.78 Å². The standard InChI is InChI=1S/C29H28FNO4S.3C2H6/c1-29(2,17-30)18-31-15-23(16-31)34-21-9-11-22(12-10-21)35-27-24-13-8-20(32)14-25(24)36-28(27)26(33)19-6-4-3-5-7-19;3*1-2/h3-14,23,32H,15-18H2,1-2H3;3*1-2H3. The number of alkyl halides is 1. The molecule has 5 nitrogen and oxygen atoms in total. The highest BCUT2D eigenvalue weighted by molar-refractivity contribution is 7.21. The van der Waals surface area contributed by atoms with Crippen molar-refractivity contribution in [1.82, 2.24) is 4.90 Å². The van der Waals surface area contributed by atoms with Gasteiger partial charge in [-0.05, 0) is 42.5 Å². The molecule has 0 atom stereocenters. The molecule has 2 heterocycles. The lowest BCUT2D eigenvalue weighted by molar-refractivity contribution is -0.00596. The van der Waals surface area contributed by atoms with Gasteiger partial charge in [-0.2, -0.15) is 0 Å². The first-order chi connectivity index (χ1) is 20.3. The number of rotatable bonds is 9. The van der Waals surface area contributed by atoms with E-state index in [1.54, 1.807) is 30.3 Å². The van der Waals surface area contributed by atoms with Crippen LogP contribution in [0.2, 0.25) is 0 Å². The van der Waals surface area contributed by atoms with Crippen molar-refractivity contribution in [2.45, 2.75) is 61.5 Å². The molecule has 4 aromatic rings. The zero-order valence-corrected chi connectivity index (χ0v) is 27.1. The second kappa shape index (κ2) is 16.9. The van der Waals surface area contributed by atoms with Gasteiger partial charge in [-0.1, -0.05) is 85.7 Å². The molecule has 0 saturated carbocycles. The normalized spacial score (nSPS) is 12.9. The molecule has 1 fully saturated rings. The van der Waals surface area contributed by atoms with Crippen molar-refractivity contribution < 1.29 is 23.8 Å². The zero-order valence-electron chi connectivity index (χ0n) is 26.2. The van der Waals surface area contributed by atoms with Gasteiger partial charge in [-0.3, -0.25) is 14.1 Å². The van der Waals surface area contributed by atoms with Crippen LogP contribution in [0, 0.1) is 5.41 Å². The Hall–Kier alpha value is -3.42. The number of ketones is 1. The minimum absolute atomic E-state index is 0.0794. The SMILES string of the molecule is CC.CC.CC.CC(C)(CF)CN1CC(Oc2ccc(Oc3c(C(=O)c4ccccc4)sc4cc(O)ccc34)cc2)C1. The molecule has 0 bridgehead atoms. The van der Waals surface area contributed by atoms with Crippen LogP contribution in [-0.4, -0.2) is 48.2 Å². The average Bonchev–Trinajstić information content (AvgIpc) is 3.36. The van der Waals surface area contributed by atoms with Crippen LogP contribution in [0.4, 0.5) is 4.39 Å². The van der Waals surface area contributed by atoms with Crippen LogP contribution >= 0.6 is 11.3 Å². The van der Waals surface area contributed by atoms with E-state index in [4.69, 9.17) is 9.47 Å². The number of hydrogen-bond acceptors (Lipinski definition) is 6. The van der Waals surface area contributed by atoms with E-state index in [9.17, 15) is 14.3 Å². The van der Waals surface area contributed by atoms with Crippen molar-refractivity contribution in [2.24, 2.45) is 5.41 Å². The van der Waals surface area contributed by atoms with Crippen molar-refractivity contribution in [3.8, 4) is 23.0 Å². The zero-order chi connectivity index (χ0) is 31.3. The Labute approximate surface area is 254 Å². The lowest BCUT2D eigenvalue weighted by Gasteiger charge is -2.42. The molecule has 7 heteroatoms. The molecule has 0 unspecified atom stereocenters. The topological polar surface area (TPSA) is 59.0 Å². The average molecular weight is 596 g/mol.